The fraction of sp³-hybridized carbons (Fsp3) is 0.0769. The molecule has 2 N–H and O–H groups in total. The molecule has 0 amide bonds. The lowest BCUT2D eigenvalue weighted by Gasteiger charge is -2.08. The molecule has 0 atom stereocenters. The molecule has 1 aromatic carbocycles. The van der Waals surface area contributed by atoms with Gasteiger partial charge in [0.2, 0.25) is 0 Å². The van der Waals surface area contributed by atoms with Crippen molar-refractivity contribution in [3.8, 4) is 0 Å². The van der Waals surface area contributed by atoms with Crippen molar-refractivity contribution < 1.29 is 4.39 Å². The van der Waals surface area contributed by atoms with E-state index in [9.17, 15) is 4.39 Å². The van der Waals surface area contributed by atoms with E-state index in [-0.39, 0.29) is 5.82 Å². The summed E-state index contributed by atoms with van der Waals surface area (Å²) in [6.45, 7) is 0. The van der Waals surface area contributed by atoms with Gasteiger partial charge in [0.1, 0.15) is 5.82 Å². The van der Waals surface area contributed by atoms with E-state index in [4.69, 9.17) is 5.73 Å². The van der Waals surface area contributed by atoms with E-state index in [1.54, 1.807) is 18.5 Å². The number of pyridine rings is 1. The fourth-order valence-corrected chi connectivity index (χ4v) is 2.77. The Bertz CT molecular complexity index is 753. The van der Waals surface area contributed by atoms with Crippen LogP contribution in [0.25, 0.3) is 10.9 Å². The average molecular weight is 274 g/mol. The number of nitrogens with two attached hydrogens (primary N) is 1. The van der Waals surface area contributed by atoms with Crippen molar-refractivity contribution in [2.45, 2.75) is 10.1 Å². The van der Waals surface area contributed by atoms with Crippen LogP contribution in [-0.4, -0.2) is 14.5 Å². The number of anilines is 1. The molecule has 96 valence electrons. The normalized spacial score (nSPS) is 11.1. The van der Waals surface area contributed by atoms with Crippen LogP contribution in [0.15, 0.2) is 46.8 Å². The van der Waals surface area contributed by atoms with Crippen LogP contribution < -0.4 is 5.73 Å². The van der Waals surface area contributed by atoms with Gasteiger partial charge >= 0.3 is 0 Å². The van der Waals surface area contributed by atoms with Crippen molar-refractivity contribution in [2.24, 2.45) is 7.05 Å². The molecule has 0 radical (unpaired) electrons. The molecule has 0 fully saturated rings. The molecule has 0 unspecified atom stereocenters. The van der Waals surface area contributed by atoms with Gasteiger partial charge in [0.05, 0.1) is 10.4 Å². The summed E-state index contributed by atoms with van der Waals surface area (Å²) in [5.41, 5.74) is 6.78. The van der Waals surface area contributed by atoms with Gasteiger partial charge in [0, 0.05) is 36.7 Å². The minimum Gasteiger partial charge on any atom is -0.398 e. The number of imidazole rings is 1. The van der Waals surface area contributed by atoms with E-state index in [2.05, 4.69) is 9.97 Å². The Balaban J connectivity index is 2.20. The van der Waals surface area contributed by atoms with E-state index >= 15 is 0 Å². The van der Waals surface area contributed by atoms with E-state index in [1.807, 2.05) is 23.9 Å². The number of rotatable bonds is 2. The van der Waals surface area contributed by atoms with Crippen LogP contribution in [0.1, 0.15) is 0 Å². The van der Waals surface area contributed by atoms with Crippen molar-refractivity contribution in [2.75, 3.05) is 5.73 Å². The summed E-state index contributed by atoms with van der Waals surface area (Å²) in [7, 11) is 1.86. The quantitative estimate of drug-likeness (QED) is 0.730. The highest BCUT2D eigenvalue weighted by Crippen LogP contribution is 2.36. The molecular formula is C13H11FN4S. The lowest BCUT2D eigenvalue weighted by molar-refractivity contribution is 0.605. The van der Waals surface area contributed by atoms with Gasteiger partial charge in [-0.1, -0.05) is 0 Å². The third-order valence-corrected chi connectivity index (χ3v) is 3.97. The Labute approximate surface area is 113 Å². The second-order valence-corrected chi connectivity index (χ2v) is 5.08. The van der Waals surface area contributed by atoms with Gasteiger partial charge in [-0.25, -0.2) is 9.37 Å². The maximum absolute atomic E-state index is 14.1. The summed E-state index contributed by atoms with van der Waals surface area (Å²) in [5.74, 6) is -0.378. The average Bonchev–Trinajstić information content (AvgIpc) is 2.80. The molecule has 3 aromatic rings. The molecule has 6 heteroatoms. The van der Waals surface area contributed by atoms with Crippen LogP contribution in [0, 0.1) is 5.82 Å². The maximum atomic E-state index is 14.1. The van der Waals surface area contributed by atoms with Gasteiger partial charge in [-0.15, -0.1) is 0 Å². The first-order chi connectivity index (χ1) is 9.16. The molecule has 0 aliphatic rings. The molecular weight excluding hydrogens is 263 g/mol. The summed E-state index contributed by atoms with van der Waals surface area (Å²) < 4.78 is 16.0. The molecule has 2 heterocycles. The molecule has 0 aliphatic carbocycles. The Morgan fingerprint density at radius 2 is 2.16 bits per heavy atom. The number of aryl methyl sites for hydroxylation is 1. The van der Waals surface area contributed by atoms with Crippen LogP contribution in [0.3, 0.4) is 0 Å². The smallest absolute Gasteiger partial charge is 0.172 e. The van der Waals surface area contributed by atoms with Gasteiger partial charge < -0.3 is 10.3 Å². The SMILES string of the molecule is Cn1ccnc1Sc1c(F)cc(N)c2cccnc12. The minimum absolute atomic E-state index is 0.378. The predicted octanol–water partition coefficient (Wildman–Crippen LogP) is 2.84. The number of aromatic nitrogens is 3. The molecule has 2 aromatic heterocycles. The van der Waals surface area contributed by atoms with Crippen LogP contribution in [0.4, 0.5) is 10.1 Å². The number of hydrogen-bond donors (Lipinski definition) is 1. The number of hydrogen-bond acceptors (Lipinski definition) is 4. The number of benzene rings is 1. The third kappa shape index (κ3) is 2.04. The predicted molar refractivity (Wildman–Crippen MR) is 73.4 cm³/mol. The van der Waals surface area contributed by atoms with E-state index in [1.165, 1.54) is 17.8 Å². The standard InChI is InChI=1S/C13H11FN4S/c1-18-6-5-17-13(18)19-12-9(14)7-10(15)8-3-2-4-16-11(8)12/h2-7H,15H2,1H3. The summed E-state index contributed by atoms with van der Waals surface area (Å²) in [4.78, 5) is 8.86. The van der Waals surface area contributed by atoms with Gasteiger partial charge in [-0.05, 0) is 30.0 Å². The molecule has 0 aliphatic heterocycles. The van der Waals surface area contributed by atoms with Crippen LogP contribution in [0.2, 0.25) is 0 Å². The summed E-state index contributed by atoms with van der Waals surface area (Å²) >= 11 is 1.24. The third-order valence-electron chi connectivity index (χ3n) is 2.80. The van der Waals surface area contributed by atoms with Crippen LogP contribution >= 0.6 is 11.8 Å². The minimum atomic E-state index is -0.378. The summed E-state index contributed by atoms with van der Waals surface area (Å²) in [6.07, 6.45) is 5.12. The number of nitrogens with zero attached hydrogens (tertiary/aromatic N) is 3. The second-order valence-electron chi connectivity index (χ2n) is 4.10. The highest BCUT2D eigenvalue weighted by atomic mass is 32.2. The fourth-order valence-electron chi connectivity index (χ4n) is 1.85. The number of fused-ring (bicyclic) bond motifs is 1. The zero-order valence-electron chi connectivity index (χ0n) is 10.2. The summed E-state index contributed by atoms with van der Waals surface area (Å²) in [5, 5.41) is 1.45. The van der Waals surface area contributed by atoms with E-state index < -0.39 is 0 Å². The Morgan fingerprint density at radius 1 is 1.32 bits per heavy atom. The van der Waals surface area contributed by atoms with Crippen LogP contribution in [0.5, 0.6) is 0 Å². The largest absolute Gasteiger partial charge is 0.398 e. The monoisotopic (exact) mass is 274 g/mol. The number of nitrogen functional groups attached to an aromatic ring is 1. The highest BCUT2D eigenvalue weighted by molar-refractivity contribution is 7.99. The van der Waals surface area contributed by atoms with Gasteiger partial charge in [0.15, 0.2) is 5.16 Å². The molecule has 3 rings (SSSR count). The van der Waals surface area contributed by atoms with Crippen molar-refractivity contribution in [1.29, 1.82) is 0 Å². The van der Waals surface area contributed by atoms with Gasteiger partial charge in [-0.3, -0.25) is 4.98 Å². The molecule has 0 bridgehead atoms. The molecule has 19 heavy (non-hydrogen) atoms. The van der Waals surface area contributed by atoms with Gasteiger partial charge in [0.25, 0.3) is 0 Å². The molecule has 4 nitrogen and oxygen atoms in total. The topological polar surface area (TPSA) is 56.7 Å². The Hall–Kier alpha value is -2.08. The van der Waals surface area contributed by atoms with E-state index in [0.29, 0.717) is 21.3 Å². The van der Waals surface area contributed by atoms with Gasteiger partial charge in [-0.2, -0.15) is 0 Å². The van der Waals surface area contributed by atoms with Crippen LogP contribution in [-0.2, 0) is 7.05 Å². The van der Waals surface area contributed by atoms with Crippen molar-refractivity contribution in [1.82, 2.24) is 14.5 Å². The molecule has 0 saturated carbocycles. The van der Waals surface area contributed by atoms with Crippen molar-refractivity contribution in [3.05, 3.63) is 42.6 Å². The zero-order chi connectivity index (χ0) is 13.4. The molecule has 0 saturated heterocycles. The van der Waals surface area contributed by atoms with Crippen molar-refractivity contribution >= 4 is 28.4 Å². The highest BCUT2D eigenvalue weighted by Gasteiger charge is 2.15. The lowest BCUT2D eigenvalue weighted by atomic mass is 10.2. The Morgan fingerprint density at radius 3 is 2.89 bits per heavy atom. The maximum Gasteiger partial charge on any atom is 0.172 e. The lowest BCUT2D eigenvalue weighted by Crippen LogP contribution is -1.96. The molecule has 0 spiro atoms. The second kappa shape index (κ2) is 4.55. The zero-order valence-corrected chi connectivity index (χ0v) is 11.0. The Kier molecular flexibility index (Phi) is 2.87. The first-order valence-corrected chi connectivity index (χ1v) is 6.46. The van der Waals surface area contributed by atoms with Crippen molar-refractivity contribution in [3.63, 3.8) is 0 Å². The summed E-state index contributed by atoms with van der Waals surface area (Å²) in [6, 6.07) is 4.95. The first kappa shape index (κ1) is 12.0. The number of halogens is 1. The van der Waals surface area contributed by atoms with E-state index in [0.717, 1.165) is 5.39 Å². The first-order valence-electron chi connectivity index (χ1n) is 5.64.